The molecular formula is C31H41FN2O3. The minimum absolute atomic E-state index is 0.127. The summed E-state index contributed by atoms with van der Waals surface area (Å²) in [6.45, 7) is 6.21. The van der Waals surface area contributed by atoms with E-state index in [0.29, 0.717) is 36.5 Å². The maximum Gasteiger partial charge on any atom is 0.165 e. The van der Waals surface area contributed by atoms with Crippen molar-refractivity contribution in [2.24, 2.45) is 11.8 Å². The Morgan fingerprint density at radius 1 is 1.11 bits per heavy atom. The second kappa shape index (κ2) is 12.1. The molecule has 2 aromatic rings. The van der Waals surface area contributed by atoms with Crippen molar-refractivity contribution in [2.45, 2.75) is 51.7 Å². The molecule has 2 unspecified atom stereocenters. The third kappa shape index (κ3) is 6.74. The highest BCUT2D eigenvalue weighted by atomic mass is 19.1. The maximum absolute atomic E-state index is 14.9. The Hall–Kier alpha value is -2.83. The van der Waals surface area contributed by atoms with Crippen molar-refractivity contribution >= 4 is 0 Å². The van der Waals surface area contributed by atoms with Gasteiger partial charge in [-0.3, -0.25) is 4.90 Å². The van der Waals surface area contributed by atoms with E-state index >= 15 is 0 Å². The molecule has 2 aliphatic carbocycles. The third-order valence-electron chi connectivity index (χ3n) is 7.65. The van der Waals surface area contributed by atoms with Crippen LogP contribution in [0.15, 0.2) is 60.4 Å². The topological polar surface area (TPSA) is 45.2 Å². The average molecular weight is 509 g/mol. The zero-order chi connectivity index (χ0) is 26.5. The molecule has 0 spiro atoms. The van der Waals surface area contributed by atoms with Gasteiger partial charge < -0.3 is 19.5 Å². The minimum Gasteiger partial charge on any atom is -0.508 e. The molecule has 0 amide bonds. The fourth-order valence-electron chi connectivity index (χ4n) is 5.58. The highest BCUT2D eigenvalue weighted by Crippen LogP contribution is 2.38. The number of phenolic OH excluding ortho intramolecular Hbond substituents is 1. The molecular weight excluding hydrogens is 467 g/mol. The number of halogens is 1. The summed E-state index contributed by atoms with van der Waals surface area (Å²) >= 11 is 0. The number of methoxy groups -OCH3 is 1. The van der Waals surface area contributed by atoms with Crippen LogP contribution < -0.4 is 4.74 Å². The SMILES string of the molecule is COC1=CC(N(Cc2ccc(OCCN(C)C)c(F)c2)C(C)C)C([C@@H]2CCc3cc(O)ccc3C2)C=C1. The van der Waals surface area contributed by atoms with Crippen LogP contribution >= 0.6 is 0 Å². The van der Waals surface area contributed by atoms with Crippen LogP contribution in [0.1, 0.15) is 37.0 Å². The number of hydrogen-bond donors (Lipinski definition) is 1. The van der Waals surface area contributed by atoms with Gasteiger partial charge in [-0.15, -0.1) is 0 Å². The first-order valence-corrected chi connectivity index (χ1v) is 13.3. The molecule has 4 rings (SSSR count). The van der Waals surface area contributed by atoms with E-state index in [9.17, 15) is 9.50 Å². The lowest BCUT2D eigenvalue weighted by atomic mass is 9.72. The molecule has 0 bridgehead atoms. The smallest absolute Gasteiger partial charge is 0.165 e. The first-order valence-electron chi connectivity index (χ1n) is 13.3. The van der Waals surface area contributed by atoms with Crippen LogP contribution in [0.4, 0.5) is 4.39 Å². The maximum atomic E-state index is 14.9. The molecule has 200 valence electrons. The van der Waals surface area contributed by atoms with E-state index in [-0.39, 0.29) is 17.9 Å². The van der Waals surface area contributed by atoms with Crippen molar-refractivity contribution in [3.8, 4) is 11.5 Å². The third-order valence-corrected chi connectivity index (χ3v) is 7.65. The van der Waals surface area contributed by atoms with E-state index in [1.807, 2.05) is 31.1 Å². The van der Waals surface area contributed by atoms with Crippen molar-refractivity contribution in [2.75, 3.05) is 34.4 Å². The monoisotopic (exact) mass is 508 g/mol. The summed E-state index contributed by atoms with van der Waals surface area (Å²) in [6.07, 6.45) is 9.64. The van der Waals surface area contributed by atoms with E-state index in [4.69, 9.17) is 9.47 Å². The summed E-state index contributed by atoms with van der Waals surface area (Å²) < 4.78 is 26.2. The molecule has 37 heavy (non-hydrogen) atoms. The van der Waals surface area contributed by atoms with Crippen LogP contribution in [0.2, 0.25) is 0 Å². The molecule has 1 N–H and O–H groups in total. The molecule has 0 fully saturated rings. The number of phenols is 1. The molecule has 0 saturated carbocycles. The van der Waals surface area contributed by atoms with Gasteiger partial charge in [0.2, 0.25) is 0 Å². The summed E-state index contributed by atoms with van der Waals surface area (Å²) in [6, 6.07) is 11.5. The number of benzene rings is 2. The number of allylic oxidation sites excluding steroid dienone is 1. The Morgan fingerprint density at radius 2 is 1.92 bits per heavy atom. The number of aryl methyl sites for hydroxylation is 1. The van der Waals surface area contributed by atoms with Gasteiger partial charge >= 0.3 is 0 Å². The van der Waals surface area contributed by atoms with Crippen molar-refractivity contribution in [3.05, 3.63) is 82.9 Å². The van der Waals surface area contributed by atoms with Gasteiger partial charge in [0.15, 0.2) is 11.6 Å². The van der Waals surface area contributed by atoms with Crippen molar-refractivity contribution in [3.63, 3.8) is 0 Å². The summed E-state index contributed by atoms with van der Waals surface area (Å²) in [5.74, 6) is 1.96. The van der Waals surface area contributed by atoms with Crippen LogP contribution in [-0.2, 0) is 24.1 Å². The van der Waals surface area contributed by atoms with Gasteiger partial charge in [0.05, 0.1) is 7.11 Å². The van der Waals surface area contributed by atoms with Crippen LogP contribution in [0.3, 0.4) is 0 Å². The molecule has 0 saturated heterocycles. The lowest BCUT2D eigenvalue weighted by Crippen LogP contribution is -2.46. The van der Waals surface area contributed by atoms with E-state index < -0.39 is 0 Å². The summed E-state index contributed by atoms with van der Waals surface area (Å²) in [5.41, 5.74) is 3.51. The minimum atomic E-state index is -0.319. The highest BCUT2D eigenvalue weighted by molar-refractivity contribution is 5.37. The zero-order valence-electron chi connectivity index (χ0n) is 22.8. The number of hydrogen-bond acceptors (Lipinski definition) is 5. The first kappa shape index (κ1) is 27.2. The Bertz CT molecular complexity index is 1130. The number of likely N-dealkylation sites (N-methyl/N-ethyl adjacent to an activating group) is 1. The number of ether oxygens (including phenoxy) is 2. The first-order chi connectivity index (χ1) is 17.7. The number of aromatic hydroxyl groups is 1. The van der Waals surface area contributed by atoms with E-state index in [1.54, 1.807) is 25.3 Å². The number of nitrogens with zero attached hydrogens (tertiary/aromatic N) is 2. The Balaban J connectivity index is 1.54. The fourth-order valence-corrected chi connectivity index (χ4v) is 5.58. The van der Waals surface area contributed by atoms with Gasteiger partial charge in [0.1, 0.15) is 18.1 Å². The second-order valence-corrected chi connectivity index (χ2v) is 10.8. The van der Waals surface area contributed by atoms with E-state index in [0.717, 1.165) is 37.1 Å². The van der Waals surface area contributed by atoms with Crippen molar-refractivity contribution < 1.29 is 19.0 Å². The van der Waals surface area contributed by atoms with E-state index in [2.05, 4.69) is 43.0 Å². The second-order valence-electron chi connectivity index (χ2n) is 10.8. The van der Waals surface area contributed by atoms with Crippen LogP contribution in [0.25, 0.3) is 0 Å². The van der Waals surface area contributed by atoms with Gasteiger partial charge in [0, 0.05) is 25.2 Å². The number of rotatable bonds is 10. The van der Waals surface area contributed by atoms with Crippen molar-refractivity contribution in [1.29, 1.82) is 0 Å². The highest BCUT2D eigenvalue weighted by Gasteiger charge is 2.36. The average Bonchev–Trinajstić information content (AvgIpc) is 2.87. The molecule has 0 radical (unpaired) electrons. The Labute approximate surface area is 221 Å². The summed E-state index contributed by atoms with van der Waals surface area (Å²) in [7, 11) is 5.65. The van der Waals surface area contributed by atoms with Crippen LogP contribution in [-0.4, -0.2) is 61.3 Å². The molecule has 0 aliphatic heterocycles. The molecule has 3 atom stereocenters. The molecule has 6 heteroatoms. The van der Waals surface area contributed by atoms with Gasteiger partial charge in [-0.2, -0.15) is 0 Å². The predicted molar refractivity (Wildman–Crippen MR) is 146 cm³/mol. The molecule has 0 heterocycles. The molecule has 2 aliphatic rings. The van der Waals surface area contributed by atoms with E-state index in [1.165, 1.54) is 11.1 Å². The Morgan fingerprint density at radius 3 is 2.62 bits per heavy atom. The van der Waals surface area contributed by atoms with Gasteiger partial charge in [-0.05, 0) is 112 Å². The molecule has 2 aromatic carbocycles. The van der Waals surface area contributed by atoms with Crippen LogP contribution in [0, 0.1) is 17.7 Å². The quantitative estimate of drug-likeness (QED) is 0.455. The van der Waals surface area contributed by atoms with Gasteiger partial charge in [0.25, 0.3) is 0 Å². The Kier molecular flexibility index (Phi) is 8.93. The fraction of sp³-hybridized carbons (Fsp3) is 0.484. The lowest BCUT2D eigenvalue weighted by molar-refractivity contribution is 0.110. The van der Waals surface area contributed by atoms with Gasteiger partial charge in [-0.1, -0.05) is 18.2 Å². The normalized spacial score (nSPS) is 21.3. The largest absolute Gasteiger partial charge is 0.508 e. The summed E-state index contributed by atoms with van der Waals surface area (Å²) in [5, 5.41) is 9.90. The standard InChI is InChI=1S/C31H41FN2O3/c1-21(2)34(20-22-6-13-31(29(32)16-22)37-15-14-33(3)4)30-19-27(36-5)11-12-28(30)25-8-7-24-18-26(35)10-9-23(24)17-25/h6,9-13,16,18-19,21,25,28,30,35H,7-8,14-15,17,20H2,1-5H3/t25-,28?,30?/m1/s1. The van der Waals surface area contributed by atoms with Crippen molar-refractivity contribution in [1.82, 2.24) is 9.80 Å². The predicted octanol–water partition coefficient (Wildman–Crippen LogP) is 5.57. The molecule has 5 nitrogen and oxygen atoms in total. The molecule has 0 aromatic heterocycles. The summed E-state index contributed by atoms with van der Waals surface area (Å²) in [4.78, 5) is 4.46. The zero-order valence-corrected chi connectivity index (χ0v) is 22.8. The van der Waals surface area contributed by atoms with Gasteiger partial charge in [-0.25, -0.2) is 4.39 Å². The lowest BCUT2D eigenvalue weighted by Gasteiger charge is -2.43. The van der Waals surface area contributed by atoms with Crippen LogP contribution in [0.5, 0.6) is 11.5 Å². The number of fused-ring (bicyclic) bond motifs is 1.